The SMILES string of the molecule is COc1ncc(-c2nnnn2-c2ccccc2)c(-c2ccccc2)n1. The van der Waals surface area contributed by atoms with Gasteiger partial charge in [-0.3, -0.25) is 0 Å². The van der Waals surface area contributed by atoms with Gasteiger partial charge in [-0.15, -0.1) is 5.10 Å². The quantitative estimate of drug-likeness (QED) is 0.572. The maximum atomic E-state index is 5.18. The van der Waals surface area contributed by atoms with E-state index in [1.807, 2.05) is 60.7 Å². The summed E-state index contributed by atoms with van der Waals surface area (Å²) >= 11 is 0. The van der Waals surface area contributed by atoms with Crippen LogP contribution in [0, 0.1) is 0 Å². The lowest BCUT2D eigenvalue weighted by atomic mass is 10.1. The molecule has 0 aliphatic heterocycles. The molecule has 2 heterocycles. The number of rotatable bonds is 4. The number of nitrogens with zero attached hydrogens (tertiary/aromatic N) is 6. The summed E-state index contributed by atoms with van der Waals surface area (Å²) in [7, 11) is 1.54. The Morgan fingerprint density at radius 3 is 2.36 bits per heavy atom. The summed E-state index contributed by atoms with van der Waals surface area (Å²) in [4.78, 5) is 8.74. The molecule has 122 valence electrons. The first-order chi connectivity index (χ1) is 12.4. The van der Waals surface area contributed by atoms with Crippen molar-refractivity contribution in [2.75, 3.05) is 7.11 Å². The van der Waals surface area contributed by atoms with Crippen LogP contribution >= 0.6 is 0 Å². The minimum atomic E-state index is 0.293. The zero-order valence-corrected chi connectivity index (χ0v) is 13.4. The largest absolute Gasteiger partial charge is 0.467 e. The second-order valence-electron chi connectivity index (χ2n) is 5.23. The Morgan fingerprint density at radius 2 is 1.64 bits per heavy atom. The van der Waals surface area contributed by atoms with Crippen molar-refractivity contribution >= 4 is 0 Å². The van der Waals surface area contributed by atoms with Gasteiger partial charge in [0.05, 0.1) is 24.1 Å². The molecule has 0 saturated heterocycles. The Hall–Kier alpha value is -3.61. The number of hydrogen-bond donors (Lipinski definition) is 0. The molecule has 0 aliphatic carbocycles. The minimum absolute atomic E-state index is 0.293. The molecule has 2 aromatic heterocycles. The van der Waals surface area contributed by atoms with Crippen molar-refractivity contribution in [3.63, 3.8) is 0 Å². The van der Waals surface area contributed by atoms with Gasteiger partial charge in [0.25, 0.3) is 0 Å². The average Bonchev–Trinajstić information content (AvgIpc) is 3.18. The van der Waals surface area contributed by atoms with Crippen LogP contribution in [0.15, 0.2) is 66.9 Å². The molecule has 2 aromatic carbocycles. The van der Waals surface area contributed by atoms with Gasteiger partial charge in [0.2, 0.25) is 0 Å². The predicted octanol–water partition coefficient (Wildman–Crippen LogP) is 2.79. The van der Waals surface area contributed by atoms with Crippen LogP contribution in [-0.4, -0.2) is 37.3 Å². The van der Waals surface area contributed by atoms with Crippen molar-refractivity contribution in [1.29, 1.82) is 0 Å². The molecule has 7 heteroatoms. The third-order valence-corrected chi connectivity index (χ3v) is 3.71. The lowest BCUT2D eigenvalue weighted by Crippen LogP contribution is -2.03. The second-order valence-corrected chi connectivity index (χ2v) is 5.23. The highest BCUT2D eigenvalue weighted by atomic mass is 16.5. The van der Waals surface area contributed by atoms with Crippen molar-refractivity contribution in [2.24, 2.45) is 0 Å². The molecule has 25 heavy (non-hydrogen) atoms. The van der Waals surface area contributed by atoms with Gasteiger partial charge in [-0.2, -0.15) is 9.67 Å². The molecule has 7 nitrogen and oxygen atoms in total. The Morgan fingerprint density at radius 1 is 0.920 bits per heavy atom. The van der Waals surface area contributed by atoms with E-state index in [9.17, 15) is 0 Å². The van der Waals surface area contributed by atoms with Crippen LogP contribution in [0.5, 0.6) is 6.01 Å². The molecule has 0 amide bonds. The van der Waals surface area contributed by atoms with Crippen LogP contribution in [0.3, 0.4) is 0 Å². The maximum absolute atomic E-state index is 5.18. The fourth-order valence-corrected chi connectivity index (χ4v) is 2.54. The highest BCUT2D eigenvalue weighted by molar-refractivity contribution is 5.77. The monoisotopic (exact) mass is 330 g/mol. The molecule has 0 aliphatic rings. The van der Waals surface area contributed by atoms with Gasteiger partial charge >= 0.3 is 6.01 Å². The third-order valence-electron chi connectivity index (χ3n) is 3.71. The molecule has 4 rings (SSSR count). The molecule has 4 aromatic rings. The summed E-state index contributed by atoms with van der Waals surface area (Å²) in [6, 6.07) is 19.8. The van der Waals surface area contributed by atoms with E-state index in [4.69, 9.17) is 4.74 Å². The highest BCUT2D eigenvalue weighted by Gasteiger charge is 2.18. The summed E-state index contributed by atoms with van der Waals surface area (Å²) in [5, 5.41) is 12.1. The third kappa shape index (κ3) is 2.83. The summed E-state index contributed by atoms with van der Waals surface area (Å²) in [6.45, 7) is 0. The van der Waals surface area contributed by atoms with Crippen molar-refractivity contribution in [3.8, 4) is 34.3 Å². The normalized spacial score (nSPS) is 10.6. The summed E-state index contributed by atoms with van der Waals surface area (Å²) in [5.74, 6) is 0.563. The topological polar surface area (TPSA) is 78.6 Å². The van der Waals surface area contributed by atoms with Crippen LogP contribution in [0.4, 0.5) is 0 Å². The maximum Gasteiger partial charge on any atom is 0.316 e. The molecule has 0 N–H and O–H groups in total. The van der Waals surface area contributed by atoms with E-state index in [2.05, 4.69) is 25.5 Å². The van der Waals surface area contributed by atoms with Gasteiger partial charge < -0.3 is 4.74 Å². The second kappa shape index (κ2) is 6.48. The van der Waals surface area contributed by atoms with E-state index >= 15 is 0 Å². The number of benzene rings is 2. The van der Waals surface area contributed by atoms with Crippen LogP contribution in [-0.2, 0) is 0 Å². The van der Waals surface area contributed by atoms with Crippen molar-refractivity contribution in [1.82, 2.24) is 30.2 Å². The van der Waals surface area contributed by atoms with Gasteiger partial charge in [0, 0.05) is 11.8 Å². The fourth-order valence-electron chi connectivity index (χ4n) is 2.54. The molecular weight excluding hydrogens is 316 g/mol. The molecule has 0 fully saturated rings. The predicted molar refractivity (Wildman–Crippen MR) is 92.2 cm³/mol. The molecule has 0 unspecified atom stereocenters. The van der Waals surface area contributed by atoms with Crippen LogP contribution in [0.2, 0.25) is 0 Å². The average molecular weight is 330 g/mol. The molecule has 0 spiro atoms. The lowest BCUT2D eigenvalue weighted by molar-refractivity contribution is 0.380. The Balaban J connectivity index is 1.92. The van der Waals surface area contributed by atoms with Gasteiger partial charge in [0.15, 0.2) is 5.82 Å². The van der Waals surface area contributed by atoms with Crippen LogP contribution in [0.25, 0.3) is 28.3 Å². The molecular formula is C18H14N6O. The first-order valence-corrected chi connectivity index (χ1v) is 7.67. The Bertz CT molecular complexity index is 985. The molecule has 0 saturated carbocycles. The van der Waals surface area contributed by atoms with E-state index in [1.165, 1.54) is 7.11 Å². The first kappa shape index (κ1) is 14.9. The highest BCUT2D eigenvalue weighted by Crippen LogP contribution is 2.30. The van der Waals surface area contributed by atoms with Gasteiger partial charge in [-0.1, -0.05) is 48.5 Å². The molecule has 0 atom stereocenters. The van der Waals surface area contributed by atoms with Crippen molar-refractivity contribution < 1.29 is 4.74 Å². The van der Waals surface area contributed by atoms with E-state index in [0.717, 1.165) is 16.8 Å². The number of aromatic nitrogens is 6. The number of para-hydroxylation sites is 1. The first-order valence-electron chi connectivity index (χ1n) is 7.67. The number of ether oxygens (including phenoxy) is 1. The number of tetrazole rings is 1. The van der Waals surface area contributed by atoms with E-state index in [0.29, 0.717) is 17.5 Å². The minimum Gasteiger partial charge on any atom is -0.467 e. The van der Waals surface area contributed by atoms with Gasteiger partial charge in [0.1, 0.15) is 0 Å². The molecule has 0 bridgehead atoms. The fraction of sp³-hybridized carbons (Fsp3) is 0.0556. The zero-order valence-electron chi connectivity index (χ0n) is 13.4. The van der Waals surface area contributed by atoms with E-state index in [1.54, 1.807) is 10.9 Å². The van der Waals surface area contributed by atoms with Crippen LogP contribution < -0.4 is 4.74 Å². The standard InChI is InChI=1S/C18H14N6O/c1-25-18-19-12-15(16(20-18)13-8-4-2-5-9-13)17-21-22-23-24(17)14-10-6-3-7-11-14/h2-12H,1H3. The van der Waals surface area contributed by atoms with E-state index < -0.39 is 0 Å². The summed E-state index contributed by atoms with van der Waals surface area (Å²) in [5.41, 5.74) is 3.22. The Labute approximate surface area is 144 Å². The number of hydrogen-bond acceptors (Lipinski definition) is 6. The zero-order chi connectivity index (χ0) is 17.1. The van der Waals surface area contributed by atoms with Gasteiger partial charge in [-0.25, -0.2) is 4.98 Å². The lowest BCUT2D eigenvalue weighted by Gasteiger charge is -2.10. The smallest absolute Gasteiger partial charge is 0.316 e. The summed E-state index contributed by atoms with van der Waals surface area (Å²) in [6.07, 6.45) is 1.68. The van der Waals surface area contributed by atoms with Crippen LogP contribution in [0.1, 0.15) is 0 Å². The molecule has 0 radical (unpaired) electrons. The number of methoxy groups -OCH3 is 1. The summed E-state index contributed by atoms with van der Waals surface area (Å²) < 4.78 is 6.85. The van der Waals surface area contributed by atoms with Crippen molar-refractivity contribution in [3.05, 3.63) is 66.9 Å². The van der Waals surface area contributed by atoms with E-state index in [-0.39, 0.29) is 0 Å². The Kier molecular flexibility index (Phi) is 3.88. The van der Waals surface area contributed by atoms with Crippen molar-refractivity contribution in [2.45, 2.75) is 0 Å². The van der Waals surface area contributed by atoms with Gasteiger partial charge in [-0.05, 0) is 22.6 Å².